The first-order valence-corrected chi connectivity index (χ1v) is 11.7. The standard InChI is InChI=1S/C27H33N3O5/c1-18(2)13-14-20(15-25(31)32)28-27(33)21-16-22(26-23(34-3)11-8-12-24(26)35-4)30(29-21)17-19-9-6-5-7-10-19/h5-12,16,18,20H,13-15,17H2,1-4H3,(H,28,33)(H,31,32)/t20-/m0/s1. The fraction of sp³-hybridized carbons (Fsp3) is 0.370. The van der Waals surface area contributed by atoms with Gasteiger partial charge in [-0.15, -0.1) is 0 Å². The van der Waals surface area contributed by atoms with Crippen LogP contribution in [0.1, 0.15) is 49.2 Å². The number of carbonyl (C=O) groups excluding carboxylic acids is 1. The maximum Gasteiger partial charge on any atom is 0.305 e. The highest BCUT2D eigenvalue weighted by Crippen LogP contribution is 2.38. The Morgan fingerprint density at radius 2 is 1.66 bits per heavy atom. The van der Waals surface area contributed by atoms with Gasteiger partial charge in [-0.3, -0.25) is 14.3 Å². The number of aromatic nitrogens is 2. The van der Waals surface area contributed by atoms with Gasteiger partial charge in [0.25, 0.3) is 5.91 Å². The fourth-order valence-corrected chi connectivity index (χ4v) is 3.94. The molecule has 3 rings (SSSR count). The number of carboxylic acids is 1. The molecule has 0 unspecified atom stereocenters. The summed E-state index contributed by atoms with van der Waals surface area (Å²) in [6.07, 6.45) is 1.24. The van der Waals surface area contributed by atoms with Crippen LogP contribution in [0.15, 0.2) is 54.6 Å². The summed E-state index contributed by atoms with van der Waals surface area (Å²) in [5.74, 6) is 0.213. The minimum atomic E-state index is -0.951. The van der Waals surface area contributed by atoms with Gasteiger partial charge in [-0.05, 0) is 42.5 Å². The Labute approximate surface area is 205 Å². The number of rotatable bonds is 12. The van der Waals surface area contributed by atoms with Crippen LogP contribution >= 0.6 is 0 Å². The average Bonchev–Trinajstić information content (AvgIpc) is 3.25. The van der Waals surface area contributed by atoms with Crippen LogP contribution in [0.5, 0.6) is 11.5 Å². The lowest BCUT2D eigenvalue weighted by atomic mass is 10.0. The van der Waals surface area contributed by atoms with Crippen LogP contribution in [0.4, 0.5) is 0 Å². The summed E-state index contributed by atoms with van der Waals surface area (Å²) >= 11 is 0. The number of methoxy groups -OCH3 is 2. The van der Waals surface area contributed by atoms with E-state index in [1.54, 1.807) is 25.0 Å². The van der Waals surface area contributed by atoms with Crippen molar-refractivity contribution in [3.8, 4) is 22.8 Å². The van der Waals surface area contributed by atoms with Crippen LogP contribution in [0.3, 0.4) is 0 Å². The Bertz CT molecular complexity index is 1120. The van der Waals surface area contributed by atoms with Crippen molar-refractivity contribution in [2.24, 2.45) is 5.92 Å². The zero-order valence-electron chi connectivity index (χ0n) is 20.7. The summed E-state index contributed by atoms with van der Waals surface area (Å²) in [6.45, 7) is 4.56. The SMILES string of the molecule is COc1cccc(OC)c1-c1cc(C(=O)N[C@@H](CCC(C)C)CC(=O)O)nn1Cc1ccccc1. The Morgan fingerprint density at radius 3 is 2.23 bits per heavy atom. The molecule has 0 saturated carbocycles. The smallest absolute Gasteiger partial charge is 0.305 e. The van der Waals surface area contributed by atoms with E-state index in [1.165, 1.54) is 0 Å². The predicted molar refractivity (Wildman–Crippen MR) is 134 cm³/mol. The number of hydrogen-bond donors (Lipinski definition) is 2. The van der Waals surface area contributed by atoms with Crippen LogP contribution in [-0.2, 0) is 11.3 Å². The van der Waals surface area contributed by atoms with Gasteiger partial charge in [-0.1, -0.05) is 50.2 Å². The summed E-state index contributed by atoms with van der Waals surface area (Å²) in [6, 6.07) is 16.5. The minimum absolute atomic E-state index is 0.142. The van der Waals surface area contributed by atoms with Crippen LogP contribution in [-0.4, -0.2) is 47.0 Å². The quantitative estimate of drug-likeness (QED) is 0.393. The molecule has 0 aliphatic rings. The second-order valence-corrected chi connectivity index (χ2v) is 8.84. The lowest BCUT2D eigenvalue weighted by molar-refractivity contribution is -0.137. The third kappa shape index (κ3) is 6.85. The molecule has 8 nitrogen and oxygen atoms in total. The molecule has 3 aromatic rings. The van der Waals surface area contributed by atoms with E-state index in [1.807, 2.05) is 48.5 Å². The van der Waals surface area contributed by atoms with Crippen LogP contribution in [0.25, 0.3) is 11.3 Å². The van der Waals surface area contributed by atoms with E-state index in [4.69, 9.17) is 9.47 Å². The molecule has 1 amide bonds. The highest BCUT2D eigenvalue weighted by Gasteiger charge is 2.24. The molecule has 0 radical (unpaired) electrons. The number of nitrogens with one attached hydrogen (secondary N) is 1. The third-order valence-corrected chi connectivity index (χ3v) is 5.72. The number of nitrogens with zero attached hydrogens (tertiary/aromatic N) is 2. The molecule has 1 aromatic heterocycles. The van der Waals surface area contributed by atoms with E-state index in [9.17, 15) is 14.7 Å². The first kappa shape index (κ1) is 25.8. The van der Waals surface area contributed by atoms with Gasteiger partial charge in [-0.2, -0.15) is 5.10 Å². The summed E-state index contributed by atoms with van der Waals surface area (Å²) in [5, 5.41) is 16.8. The number of carbonyl (C=O) groups is 2. The van der Waals surface area contributed by atoms with Crippen molar-refractivity contribution in [1.29, 1.82) is 0 Å². The first-order valence-electron chi connectivity index (χ1n) is 11.7. The Kier molecular flexibility index (Phi) is 8.89. The van der Waals surface area contributed by atoms with E-state index in [2.05, 4.69) is 24.3 Å². The maximum atomic E-state index is 13.2. The maximum absolute atomic E-state index is 13.2. The molecular weight excluding hydrogens is 446 g/mol. The van der Waals surface area contributed by atoms with Gasteiger partial charge in [0.1, 0.15) is 11.5 Å². The molecule has 0 aliphatic carbocycles. The van der Waals surface area contributed by atoms with Gasteiger partial charge >= 0.3 is 5.97 Å². The molecule has 0 bridgehead atoms. The van der Waals surface area contributed by atoms with E-state index < -0.39 is 17.9 Å². The molecule has 2 aromatic carbocycles. The minimum Gasteiger partial charge on any atom is -0.496 e. The Morgan fingerprint density at radius 1 is 1.00 bits per heavy atom. The molecule has 186 valence electrons. The van der Waals surface area contributed by atoms with Crippen molar-refractivity contribution in [2.75, 3.05) is 14.2 Å². The van der Waals surface area contributed by atoms with Gasteiger partial charge in [-0.25, -0.2) is 0 Å². The van der Waals surface area contributed by atoms with E-state index in [0.717, 1.165) is 12.0 Å². The van der Waals surface area contributed by atoms with Crippen molar-refractivity contribution in [2.45, 2.75) is 45.7 Å². The first-order chi connectivity index (χ1) is 16.8. The largest absolute Gasteiger partial charge is 0.496 e. The summed E-state index contributed by atoms with van der Waals surface area (Å²) in [4.78, 5) is 24.6. The molecule has 35 heavy (non-hydrogen) atoms. The fourth-order valence-electron chi connectivity index (χ4n) is 3.94. The van der Waals surface area contributed by atoms with Crippen molar-refractivity contribution in [1.82, 2.24) is 15.1 Å². The predicted octanol–water partition coefficient (Wildman–Crippen LogP) is 4.62. The molecule has 2 N–H and O–H groups in total. The van der Waals surface area contributed by atoms with Gasteiger partial charge in [0.05, 0.1) is 38.4 Å². The monoisotopic (exact) mass is 479 g/mol. The number of carboxylic acid groups (broad SMARTS) is 1. The highest BCUT2D eigenvalue weighted by atomic mass is 16.5. The number of ether oxygens (including phenoxy) is 2. The number of aliphatic carboxylic acids is 1. The molecule has 8 heteroatoms. The van der Waals surface area contributed by atoms with Crippen molar-refractivity contribution in [3.05, 3.63) is 65.9 Å². The van der Waals surface area contributed by atoms with E-state index in [0.29, 0.717) is 41.6 Å². The third-order valence-electron chi connectivity index (χ3n) is 5.72. The Balaban J connectivity index is 2.00. The highest BCUT2D eigenvalue weighted by molar-refractivity contribution is 5.94. The summed E-state index contributed by atoms with van der Waals surface area (Å²) < 4.78 is 12.9. The number of amides is 1. The lowest BCUT2D eigenvalue weighted by Gasteiger charge is -2.17. The molecule has 1 heterocycles. The van der Waals surface area contributed by atoms with Gasteiger partial charge < -0.3 is 19.9 Å². The normalized spacial score (nSPS) is 11.8. The average molecular weight is 480 g/mol. The zero-order chi connectivity index (χ0) is 25.4. The van der Waals surface area contributed by atoms with Crippen molar-refractivity contribution >= 4 is 11.9 Å². The summed E-state index contributed by atoms with van der Waals surface area (Å²) in [7, 11) is 3.16. The van der Waals surface area contributed by atoms with Crippen LogP contribution < -0.4 is 14.8 Å². The van der Waals surface area contributed by atoms with Gasteiger partial charge in [0, 0.05) is 6.04 Å². The van der Waals surface area contributed by atoms with Crippen LogP contribution in [0, 0.1) is 5.92 Å². The topological polar surface area (TPSA) is 103 Å². The van der Waals surface area contributed by atoms with Crippen molar-refractivity contribution < 1.29 is 24.2 Å². The molecule has 1 atom stereocenters. The second-order valence-electron chi connectivity index (χ2n) is 8.84. The number of hydrogen-bond acceptors (Lipinski definition) is 5. The molecule has 0 aliphatic heterocycles. The van der Waals surface area contributed by atoms with E-state index >= 15 is 0 Å². The molecule has 0 spiro atoms. The number of benzene rings is 2. The molecular formula is C27H33N3O5. The van der Waals surface area contributed by atoms with E-state index in [-0.39, 0.29) is 12.1 Å². The van der Waals surface area contributed by atoms with Gasteiger partial charge in [0.15, 0.2) is 5.69 Å². The molecule has 0 fully saturated rings. The van der Waals surface area contributed by atoms with Crippen molar-refractivity contribution in [3.63, 3.8) is 0 Å². The van der Waals surface area contributed by atoms with Crippen LogP contribution in [0.2, 0.25) is 0 Å². The van der Waals surface area contributed by atoms with Gasteiger partial charge in [0.2, 0.25) is 0 Å². The zero-order valence-corrected chi connectivity index (χ0v) is 20.7. The Hall–Kier alpha value is -3.81. The summed E-state index contributed by atoms with van der Waals surface area (Å²) in [5.41, 5.74) is 2.55. The second kappa shape index (κ2) is 12.1. The molecule has 0 saturated heterocycles. The lowest BCUT2D eigenvalue weighted by Crippen LogP contribution is -2.37.